The summed E-state index contributed by atoms with van der Waals surface area (Å²) in [6, 6.07) is 1.31. The fourth-order valence-electron chi connectivity index (χ4n) is 4.83. The Hall–Kier alpha value is -1.54. The first-order valence-corrected chi connectivity index (χ1v) is 12.1. The van der Waals surface area contributed by atoms with Gasteiger partial charge in [-0.2, -0.15) is 13.2 Å². The summed E-state index contributed by atoms with van der Waals surface area (Å²) in [7, 11) is 0. The van der Waals surface area contributed by atoms with Crippen molar-refractivity contribution in [2.75, 3.05) is 37.6 Å². The number of alkyl halides is 3. The normalized spacial score (nSPS) is 25.1. The third kappa shape index (κ3) is 6.50. The monoisotopic (exact) mass is 472 g/mol. The smallest absolute Gasteiger partial charge is 0.353 e. The van der Waals surface area contributed by atoms with E-state index in [1.165, 1.54) is 25.7 Å². The van der Waals surface area contributed by atoms with E-state index < -0.39 is 11.7 Å². The van der Waals surface area contributed by atoms with Crippen LogP contribution < -0.4 is 10.2 Å². The first-order chi connectivity index (χ1) is 15.3. The van der Waals surface area contributed by atoms with E-state index in [0.717, 1.165) is 51.2 Å². The Morgan fingerprint density at radius 2 is 1.72 bits per heavy atom. The number of aromatic nitrogens is 1. The van der Waals surface area contributed by atoms with Crippen molar-refractivity contribution < 1.29 is 18.0 Å². The number of amides is 1. The van der Waals surface area contributed by atoms with Crippen LogP contribution in [0.4, 0.5) is 19.0 Å². The highest BCUT2D eigenvalue weighted by Gasteiger charge is 2.32. The third-order valence-electron chi connectivity index (χ3n) is 7.06. The largest absolute Gasteiger partial charge is 0.417 e. The van der Waals surface area contributed by atoms with Crippen LogP contribution in [0, 0.1) is 11.8 Å². The predicted octanol–water partition coefficient (Wildman–Crippen LogP) is 4.74. The second-order valence-corrected chi connectivity index (χ2v) is 9.98. The van der Waals surface area contributed by atoms with Gasteiger partial charge in [-0.1, -0.05) is 11.6 Å². The summed E-state index contributed by atoms with van der Waals surface area (Å²) in [6.45, 7) is 4.15. The molecule has 9 heteroatoms. The molecule has 2 heterocycles. The van der Waals surface area contributed by atoms with Crippen LogP contribution in [0.1, 0.15) is 56.9 Å². The minimum absolute atomic E-state index is 0.0502. The van der Waals surface area contributed by atoms with Crippen LogP contribution in [0.5, 0.6) is 0 Å². The van der Waals surface area contributed by atoms with Crippen molar-refractivity contribution in [3.63, 3.8) is 0 Å². The molecule has 1 N–H and O–H groups in total. The third-order valence-corrected chi connectivity index (χ3v) is 7.34. The summed E-state index contributed by atoms with van der Waals surface area (Å²) < 4.78 is 38.5. The highest BCUT2D eigenvalue weighted by atomic mass is 35.5. The maximum Gasteiger partial charge on any atom is 0.417 e. The van der Waals surface area contributed by atoms with Crippen LogP contribution in [0.25, 0.3) is 0 Å². The average Bonchev–Trinajstić information content (AvgIpc) is 3.57. The van der Waals surface area contributed by atoms with Crippen LogP contribution in [0.3, 0.4) is 0 Å². The molecule has 5 nitrogen and oxygen atoms in total. The lowest BCUT2D eigenvalue weighted by Gasteiger charge is -2.37. The molecule has 0 atom stereocenters. The number of hydrogen-bond donors (Lipinski definition) is 1. The van der Waals surface area contributed by atoms with Gasteiger partial charge in [0.25, 0.3) is 0 Å². The Morgan fingerprint density at radius 1 is 1.06 bits per heavy atom. The van der Waals surface area contributed by atoms with Crippen LogP contribution in [-0.4, -0.2) is 54.6 Å². The first kappa shape index (κ1) is 23.6. The first-order valence-electron chi connectivity index (χ1n) is 11.8. The second-order valence-electron chi connectivity index (χ2n) is 9.58. The maximum absolute atomic E-state index is 12.8. The Morgan fingerprint density at radius 3 is 2.31 bits per heavy atom. The van der Waals surface area contributed by atoms with Gasteiger partial charge in [0, 0.05) is 44.8 Å². The number of halogens is 4. The zero-order valence-corrected chi connectivity index (χ0v) is 19.1. The molecular weight excluding hydrogens is 441 g/mol. The SMILES string of the molecule is O=C(CC1CC1)N[C@H]1CC[C@H](CCN2CCN(c3ncc(C(F)(F)F)cc3Cl)CC2)CC1. The van der Waals surface area contributed by atoms with Crippen molar-refractivity contribution in [1.82, 2.24) is 15.2 Å². The number of hydrogen-bond acceptors (Lipinski definition) is 4. The molecule has 0 spiro atoms. The summed E-state index contributed by atoms with van der Waals surface area (Å²) in [5, 5.41) is 3.27. The fourth-order valence-corrected chi connectivity index (χ4v) is 5.12. The van der Waals surface area contributed by atoms with Gasteiger partial charge in [-0.15, -0.1) is 0 Å². The quantitative estimate of drug-likeness (QED) is 0.622. The highest BCUT2D eigenvalue weighted by Crippen LogP contribution is 2.34. The summed E-state index contributed by atoms with van der Waals surface area (Å²) in [4.78, 5) is 20.4. The Kier molecular flexibility index (Phi) is 7.50. The number of anilines is 1. The molecule has 0 bridgehead atoms. The van der Waals surface area contributed by atoms with E-state index in [1.807, 2.05) is 4.90 Å². The molecular formula is C23H32ClF3N4O. The van der Waals surface area contributed by atoms with Crippen molar-refractivity contribution in [2.24, 2.45) is 11.8 Å². The average molecular weight is 473 g/mol. The van der Waals surface area contributed by atoms with Gasteiger partial charge in [0.1, 0.15) is 5.82 Å². The van der Waals surface area contributed by atoms with E-state index >= 15 is 0 Å². The second kappa shape index (κ2) is 10.2. The standard InChI is InChI=1S/C23H32ClF3N4O/c24-20-14-18(23(25,26)27)15-28-22(20)31-11-9-30(10-12-31)8-7-16-3-5-19(6-4-16)29-21(32)13-17-1-2-17/h14-17,19H,1-13H2,(H,29,32)/t16-,19-. The lowest BCUT2D eigenvalue weighted by molar-refractivity contribution is -0.137. The number of carbonyl (C=O) groups excluding carboxylic acids is 1. The number of pyridine rings is 1. The number of nitrogens with one attached hydrogen (secondary N) is 1. The Bertz CT molecular complexity index is 786. The molecule has 0 aromatic carbocycles. The van der Waals surface area contributed by atoms with Crippen LogP contribution in [-0.2, 0) is 11.0 Å². The fraction of sp³-hybridized carbons (Fsp3) is 0.739. The zero-order chi connectivity index (χ0) is 22.7. The summed E-state index contributed by atoms with van der Waals surface area (Å²) in [5.74, 6) is 2.01. The number of rotatable bonds is 7. The topological polar surface area (TPSA) is 48.5 Å². The summed E-state index contributed by atoms with van der Waals surface area (Å²) in [5.41, 5.74) is -0.818. The zero-order valence-electron chi connectivity index (χ0n) is 18.3. The number of piperazine rings is 1. The predicted molar refractivity (Wildman–Crippen MR) is 119 cm³/mol. The van der Waals surface area contributed by atoms with Crippen LogP contribution in [0.15, 0.2) is 12.3 Å². The minimum Gasteiger partial charge on any atom is -0.353 e. The van der Waals surface area contributed by atoms with Gasteiger partial charge >= 0.3 is 6.18 Å². The molecule has 1 aromatic rings. The maximum atomic E-state index is 12.8. The van der Waals surface area contributed by atoms with Gasteiger partial charge in [0.05, 0.1) is 10.6 Å². The molecule has 3 aliphatic rings. The molecule has 178 valence electrons. The van der Waals surface area contributed by atoms with Crippen molar-refractivity contribution in [2.45, 2.75) is 63.6 Å². The molecule has 0 unspecified atom stereocenters. The van der Waals surface area contributed by atoms with Crippen molar-refractivity contribution in [3.05, 3.63) is 22.8 Å². The molecule has 0 radical (unpaired) electrons. The molecule has 1 saturated heterocycles. The van der Waals surface area contributed by atoms with E-state index in [2.05, 4.69) is 15.2 Å². The van der Waals surface area contributed by atoms with Crippen molar-refractivity contribution in [3.8, 4) is 0 Å². The summed E-state index contributed by atoms with van der Waals surface area (Å²) >= 11 is 6.09. The molecule has 2 aliphatic carbocycles. The van der Waals surface area contributed by atoms with Gasteiger partial charge in [0.2, 0.25) is 5.91 Å². The van der Waals surface area contributed by atoms with Crippen molar-refractivity contribution in [1.29, 1.82) is 0 Å². The molecule has 32 heavy (non-hydrogen) atoms. The lowest BCUT2D eigenvalue weighted by Crippen LogP contribution is -2.47. The Labute approximate surface area is 192 Å². The van der Waals surface area contributed by atoms with E-state index in [9.17, 15) is 18.0 Å². The molecule has 2 saturated carbocycles. The van der Waals surface area contributed by atoms with Gasteiger partial charge in [0.15, 0.2) is 0 Å². The van der Waals surface area contributed by atoms with E-state index in [0.29, 0.717) is 43.2 Å². The van der Waals surface area contributed by atoms with E-state index in [1.54, 1.807) is 0 Å². The minimum atomic E-state index is -4.44. The van der Waals surface area contributed by atoms with Crippen LogP contribution in [0.2, 0.25) is 5.02 Å². The molecule has 1 amide bonds. The molecule has 4 rings (SSSR count). The van der Waals surface area contributed by atoms with Crippen LogP contribution >= 0.6 is 11.6 Å². The molecule has 1 aromatic heterocycles. The van der Waals surface area contributed by atoms with Gasteiger partial charge in [-0.3, -0.25) is 9.69 Å². The highest BCUT2D eigenvalue weighted by molar-refractivity contribution is 6.33. The van der Waals surface area contributed by atoms with Gasteiger partial charge < -0.3 is 10.2 Å². The molecule has 3 fully saturated rings. The lowest BCUT2D eigenvalue weighted by atomic mass is 9.84. The molecule has 1 aliphatic heterocycles. The van der Waals surface area contributed by atoms with Crippen molar-refractivity contribution >= 4 is 23.3 Å². The number of nitrogens with zero attached hydrogens (tertiary/aromatic N) is 3. The van der Waals surface area contributed by atoms with E-state index in [-0.39, 0.29) is 10.9 Å². The van der Waals surface area contributed by atoms with E-state index in [4.69, 9.17) is 11.6 Å². The van der Waals surface area contributed by atoms with Gasteiger partial charge in [-0.25, -0.2) is 4.98 Å². The van der Waals surface area contributed by atoms with Gasteiger partial charge in [-0.05, 0) is 69.4 Å². The Balaban J connectivity index is 1.15. The summed E-state index contributed by atoms with van der Waals surface area (Å²) in [6.07, 6.45) is 5.19. The number of carbonyl (C=O) groups is 1.